The Hall–Kier alpha value is -3.17. The van der Waals surface area contributed by atoms with Crippen molar-refractivity contribution < 1.29 is 9.15 Å². The number of hydrogen-bond acceptors (Lipinski definition) is 8. The molecule has 1 saturated carbocycles. The molecule has 0 radical (unpaired) electrons. The summed E-state index contributed by atoms with van der Waals surface area (Å²) in [5.41, 5.74) is 8.21. The van der Waals surface area contributed by atoms with Crippen LogP contribution in [0.2, 0.25) is 0 Å². The minimum atomic E-state index is 0.132. The highest BCUT2D eigenvalue weighted by Crippen LogP contribution is 2.33. The summed E-state index contributed by atoms with van der Waals surface area (Å²) in [6.45, 7) is 4.56. The lowest BCUT2D eigenvalue weighted by atomic mass is 9.90. The normalized spacial score (nSPS) is 20.8. The van der Waals surface area contributed by atoms with Crippen LogP contribution in [0.3, 0.4) is 0 Å². The Labute approximate surface area is 198 Å². The summed E-state index contributed by atoms with van der Waals surface area (Å²) in [6.07, 6.45) is 9.23. The van der Waals surface area contributed by atoms with Crippen LogP contribution in [0.1, 0.15) is 32.1 Å². The zero-order valence-electron chi connectivity index (χ0n) is 19.6. The summed E-state index contributed by atoms with van der Waals surface area (Å²) >= 11 is 0. The Balaban J connectivity index is 1.24. The molecule has 0 unspecified atom stereocenters. The summed E-state index contributed by atoms with van der Waals surface area (Å²) in [4.78, 5) is 13.9. The first-order chi connectivity index (χ1) is 16.6. The second-order valence-corrected chi connectivity index (χ2v) is 9.54. The Bertz CT molecular complexity index is 1290. The molecular weight excluding hydrogens is 430 g/mol. The van der Waals surface area contributed by atoms with Gasteiger partial charge in [0, 0.05) is 31.9 Å². The van der Waals surface area contributed by atoms with Crippen LogP contribution < -0.4 is 15.4 Å². The van der Waals surface area contributed by atoms with E-state index >= 15 is 0 Å². The van der Waals surface area contributed by atoms with Crippen molar-refractivity contribution in [2.24, 2.45) is 5.73 Å². The summed E-state index contributed by atoms with van der Waals surface area (Å²) in [5.74, 6) is 2.21. The van der Waals surface area contributed by atoms with E-state index in [0.29, 0.717) is 11.6 Å². The van der Waals surface area contributed by atoms with Gasteiger partial charge in [-0.15, -0.1) is 5.10 Å². The third kappa shape index (κ3) is 4.10. The molecule has 2 aliphatic rings. The Morgan fingerprint density at radius 3 is 2.85 bits per heavy atom. The van der Waals surface area contributed by atoms with Gasteiger partial charge in [-0.2, -0.15) is 0 Å². The van der Waals surface area contributed by atoms with E-state index in [1.165, 1.54) is 25.9 Å². The highest BCUT2D eigenvalue weighted by molar-refractivity contribution is 5.91. The Morgan fingerprint density at radius 1 is 1.18 bits per heavy atom. The van der Waals surface area contributed by atoms with E-state index < -0.39 is 0 Å². The number of imidazole rings is 1. The number of likely N-dealkylation sites (tertiary alicyclic amines) is 1. The maximum Gasteiger partial charge on any atom is 0.232 e. The van der Waals surface area contributed by atoms with Gasteiger partial charge in [-0.25, -0.2) is 14.5 Å². The van der Waals surface area contributed by atoms with E-state index in [-0.39, 0.29) is 12.1 Å². The van der Waals surface area contributed by atoms with Gasteiger partial charge in [-0.05, 0) is 69.9 Å². The number of ether oxygens (including phenoxy) is 1. The van der Waals surface area contributed by atoms with E-state index in [9.17, 15) is 0 Å². The van der Waals surface area contributed by atoms with E-state index in [4.69, 9.17) is 14.9 Å². The largest absolute Gasteiger partial charge is 0.473 e. The second-order valence-electron chi connectivity index (χ2n) is 9.54. The number of nitrogens with two attached hydrogens (primary N) is 1. The fourth-order valence-electron chi connectivity index (χ4n) is 4.98. The molecule has 1 aliphatic carbocycles. The second kappa shape index (κ2) is 8.88. The lowest BCUT2D eigenvalue weighted by Crippen LogP contribution is -2.43. The first-order valence-corrected chi connectivity index (χ1v) is 12.2. The third-order valence-electron chi connectivity index (χ3n) is 6.96. The van der Waals surface area contributed by atoms with Crippen molar-refractivity contribution in [3.8, 4) is 17.3 Å². The average molecular weight is 462 g/mol. The average Bonchev–Trinajstić information content (AvgIpc) is 3.56. The van der Waals surface area contributed by atoms with Crippen LogP contribution in [-0.4, -0.2) is 69.9 Å². The zero-order valence-corrected chi connectivity index (χ0v) is 19.6. The molecule has 178 valence electrons. The smallest absolute Gasteiger partial charge is 0.232 e. The van der Waals surface area contributed by atoms with Gasteiger partial charge < -0.3 is 24.7 Å². The maximum absolute atomic E-state index is 6.23. The van der Waals surface area contributed by atoms with Gasteiger partial charge in [0.1, 0.15) is 23.2 Å². The quantitative estimate of drug-likeness (QED) is 0.427. The molecule has 0 aromatic carbocycles. The molecule has 34 heavy (non-hydrogen) atoms. The molecule has 0 spiro atoms. The number of aromatic nitrogens is 4. The fraction of sp³-hybridized carbons (Fsp3) is 0.480. The van der Waals surface area contributed by atoms with Gasteiger partial charge in [0.2, 0.25) is 5.88 Å². The molecule has 2 fully saturated rings. The highest BCUT2D eigenvalue weighted by atomic mass is 16.5. The van der Waals surface area contributed by atoms with Gasteiger partial charge >= 0.3 is 0 Å². The lowest BCUT2D eigenvalue weighted by molar-refractivity contribution is 0.0944. The number of furan rings is 1. The molecule has 6 rings (SSSR count). The van der Waals surface area contributed by atoms with Gasteiger partial charge in [0.15, 0.2) is 11.4 Å². The summed E-state index contributed by atoms with van der Waals surface area (Å²) in [5, 5.41) is 5.66. The molecular formula is C25H31N7O2. The first-order valence-electron chi connectivity index (χ1n) is 12.2. The molecule has 2 N–H and O–H groups in total. The number of nitrogens with zero attached hydrogens (tertiary/aromatic N) is 6. The topological polar surface area (TPSA) is 98.0 Å². The van der Waals surface area contributed by atoms with Crippen molar-refractivity contribution in [1.82, 2.24) is 24.5 Å². The lowest BCUT2D eigenvalue weighted by Gasteiger charge is -2.31. The SMILES string of the molecule is CN(CCCN1CCCC1)c1nccc2oc(-c3cnc4ccc(O[C@H]5C[C@H](N)C5)nn34)cc12. The number of rotatable bonds is 8. The molecule has 0 amide bonds. The molecule has 4 aromatic rings. The van der Waals surface area contributed by atoms with E-state index in [2.05, 4.69) is 31.9 Å². The van der Waals surface area contributed by atoms with Crippen molar-refractivity contribution >= 4 is 22.4 Å². The maximum atomic E-state index is 6.23. The van der Waals surface area contributed by atoms with Gasteiger partial charge in [-0.1, -0.05) is 0 Å². The highest BCUT2D eigenvalue weighted by Gasteiger charge is 2.28. The number of fused-ring (bicyclic) bond motifs is 2. The van der Waals surface area contributed by atoms with E-state index in [1.54, 1.807) is 10.7 Å². The number of anilines is 1. The Morgan fingerprint density at radius 2 is 2.03 bits per heavy atom. The van der Waals surface area contributed by atoms with Crippen molar-refractivity contribution in [3.05, 3.63) is 36.7 Å². The van der Waals surface area contributed by atoms with Crippen LogP contribution in [0.25, 0.3) is 28.1 Å². The molecule has 0 bridgehead atoms. The molecule has 0 atom stereocenters. The standard InChI is InChI=1S/C25H31N7O2/c1-30(9-4-12-31-10-2-3-11-31)25-19-15-22(34-21(19)7-8-27-25)20-16-28-23-5-6-24(29-32(20)23)33-18-13-17(26)14-18/h5-8,15-18H,2-4,9-14,26H2,1H3/t17-,18-. The Kier molecular flexibility index (Phi) is 5.58. The number of hydrogen-bond donors (Lipinski definition) is 1. The molecule has 1 saturated heterocycles. The minimum Gasteiger partial charge on any atom is -0.473 e. The summed E-state index contributed by atoms with van der Waals surface area (Å²) in [7, 11) is 2.10. The molecule has 1 aliphatic heterocycles. The predicted molar refractivity (Wildman–Crippen MR) is 131 cm³/mol. The van der Waals surface area contributed by atoms with Gasteiger partial charge in [-0.3, -0.25) is 0 Å². The molecule has 5 heterocycles. The van der Waals surface area contributed by atoms with Crippen LogP contribution in [0.5, 0.6) is 5.88 Å². The predicted octanol–water partition coefficient (Wildman–Crippen LogP) is 3.33. The van der Waals surface area contributed by atoms with Crippen molar-refractivity contribution in [2.45, 2.75) is 44.2 Å². The monoisotopic (exact) mass is 461 g/mol. The van der Waals surface area contributed by atoms with Gasteiger partial charge in [0.05, 0.1) is 11.6 Å². The van der Waals surface area contributed by atoms with Crippen molar-refractivity contribution in [2.75, 3.05) is 38.1 Å². The molecule has 9 nitrogen and oxygen atoms in total. The summed E-state index contributed by atoms with van der Waals surface area (Å²) in [6, 6.07) is 7.94. The van der Waals surface area contributed by atoms with Crippen LogP contribution in [-0.2, 0) is 0 Å². The van der Waals surface area contributed by atoms with Crippen LogP contribution in [0, 0.1) is 0 Å². The van der Waals surface area contributed by atoms with Gasteiger partial charge in [0.25, 0.3) is 0 Å². The van der Waals surface area contributed by atoms with Crippen molar-refractivity contribution in [3.63, 3.8) is 0 Å². The fourth-order valence-corrected chi connectivity index (χ4v) is 4.98. The third-order valence-corrected chi connectivity index (χ3v) is 6.96. The molecule has 4 aromatic heterocycles. The van der Waals surface area contributed by atoms with Crippen LogP contribution in [0.15, 0.2) is 41.1 Å². The van der Waals surface area contributed by atoms with Crippen LogP contribution in [0.4, 0.5) is 5.82 Å². The minimum absolute atomic E-state index is 0.132. The summed E-state index contributed by atoms with van der Waals surface area (Å²) < 4.78 is 14.0. The van der Waals surface area contributed by atoms with E-state index in [0.717, 1.165) is 60.5 Å². The first kappa shape index (κ1) is 21.4. The molecule has 9 heteroatoms. The van der Waals surface area contributed by atoms with E-state index in [1.807, 2.05) is 30.5 Å². The van der Waals surface area contributed by atoms with Crippen LogP contribution >= 0.6 is 0 Å². The zero-order chi connectivity index (χ0) is 23.1. The van der Waals surface area contributed by atoms with Crippen molar-refractivity contribution in [1.29, 1.82) is 0 Å². The number of pyridine rings is 1.